The van der Waals surface area contributed by atoms with Crippen molar-refractivity contribution in [2.45, 2.75) is 6.92 Å². The molecule has 0 aliphatic carbocycles. The molecule has 21 heavy (non-hydrogen) atoms. The van der Waals surface area contributed by atoms with Crippen molar-refractivity contribution in [3.8, 4) is 11.5 Å². The van der Waals surface area contributed by atoms with Crippen LogP contribution in [0.2, 0.25) is 0 Å². The van der Waals surface area contributed by atoms with Gasteiger partial charge in [0, 0.05) is 18.0 Å². The van der Waals surface area contributed by atoms with E-state index in [1.54, 1.807) is 6.20 Å². The van der Waals surface area contributed by atoms with Crippen LogP contribution in [0.5, 0.6) is 11.5 Å². The average Bonchev–Trinajstić information content (AvgIpc) is 3.02. The van der Waals surface area contributed by atoms with Gasteiger partial charge >= 0.3 is 0 Å². The lowest BCUT2D eigenvalue weighted by molar-refractivity contribution is 0.488. The number of rotatable bonds is 2. The van der Waals surface area contributed by atoms with E-state index in [2.05, 4.69) is 20.2 Å². The molecule has 0 atom stereocenters. The van der Waals surface area contributed by atoms with Crippen molar-refractivity contribution in [2.75, 3.05) is 5.73 Å². The maximum absolute atomic E-state index is 5.99. The summed E-state index contributed by atoms with van der Waals surface area (Å²) >= 11 is 1.44. The lowest BCUT2D eigenvalue weighted by atomic mass is 10.2. The number of aromatic amines is 1. The van der Waals surface area contributed by atoms with Crippen molar-refractivity contribution >= 4 is 37.7 Å². The Hall–Kier alpha value is -2.67. The monoisotopic (exact) mass is 297 g/mol. The standard InChI is InChI=1S/C14H11N5OS/c1-7-12-10(4-5-16-13(12)19-18-7)20-8-2-3-9-11(6-8)21-14(15)17-9/h2-6H,1H3,(H2,15,17)(H,16,18,19). The Morgan fingerprint density at radius 2 is 2.19 bits per heavy atom. The molecule has 7 heteroatoms. The highest BCUT2D eigenvalue weighted by molar-refractivity contribution is 7.22. The second-order valence-electron chi connectivity index (χ2n) is 4.64. The fourth-order valence-electron chi connectivity index (χ4n) is 2.26. The largest absolute Gasteiger partial charge is 0.456 e. The third-order valence-electron chi connectivity index (χ3n) is 3.20. The van der Waals surface area contributed by atoms with Gasteiger partial charge in [0.2, 0.25) is 0 Å². The van der Waals surface area contributed by atoms with E-state index in [9.17, 15) is 0 Å². The number of ether oxygens (including phenoxy) is 1. The molecule has 3 N–H and O–H groups in total. The molecule has 1 aromatic carbocycles. The van der Waals surface area contributed by atoms with E-state index >= 15 is 0 Å². The van der Waals surface area contributed by atoms with Crippen molar-refractivity contribution in [1.29, 1.82) is 0 Å². The van der Waals surface area contributed by atoms with Gasteiger partial charge in [0.05, 0.1) is 15.6 Å². The zero-order valence-corrected chi connectivity index (χ0v) is 11.9. The lowest BCUT2D eigenvalue weighted by Crippen LogP contribution is -1.87. The van der Waals surface area contributed by atoms with Gasteiger partial charge in [-0.3, -0.25) is 5.10 Å². The molecule has 0 unspecified atom stereocenters. The number of thiazole rings is 1. The first-order valence-corrected chi connectivity index (χ1v) is 7.16. The first-order valence-electron chi connectivity index (χ1n) is 6.34. The smallest absolute Gasteiger partial charge is 0.184 e. The molecule has 0 aliphatic rings. The molecular weight excluding hydrogens is 286 g/mol. The molecule has 3 heterocycles. The highest BCUT2D eigenvalue weighted by atomic mass is 32.1. The molecule has 0 fully saturated rings. The van der Waals surface area contributed by atoms with Gasteiger partial charge in [-0.1, -0.05) is 11.3 Å². The minimum atomic E-state index is 0.555. The molecule has 0 saturated heterocycles. The second-order valence-corrected chi connectivity index (χ2v) is 5.70. The van der Waals surface area contributed by atoms with Gasteiger partial charge < -0.3 is 10.5 Å². The molecular formula is C14H11N5OS. The van der Waals surface area contributed by atoms with Crippen LogP contribution < -0.4 is 10.5 Å². The number of benzene rings is 1. The van der Waals surface area contributed by atoms with Gasteiger partial charge in [0.25, 0.3) is 0 Å². The quantitative estimate of drug-likeness (QED) is 0.592. The van der Waals surface area contributed by atoms with Gasteiger partial charge in [0.1, 0.15) is 11.5 Å². The van der Waals surface area contributed by atoms with E-state index in [0.29, 0.717) is 10.8 Å². The van der Waals surface area contributed by atoms with Crippen LogP contribution >= 0.6 is 11.3 Å². The fraction of sp³-hybridized carbons (Fsp3) is 0.0714. The molecule has 3 aromatic heterocycles. The molecule has 0 saturated carbocycles. The number of nitrogens with two attached hydrogens (primary N) is 1. The number of nitrogens with zero attached hydrogens (tertiary/aromatic N) is 3. The number of aromatic nitrogens is 4. The van der Waals surface area contributed by atoms with Crippen LogP contribution in [0.4, 0.5) is 5.13 Å². The van der Waals surface area contributed by atoms with Crippen molar-refractivity contribution in [3.63, 3.8) is 0 Å². The molecule has 6 nitrogen and oxygen atoms in total. The van der Waals surface area contributed by atoms with Gasteiger partial charge in [0.15, 0.2) is 10.8 Å². The zero-order chi connectivity index (χ0) is 14.4. The van der Waals surface area contributed by atoms with Crippen LogP contribution in [-0.4, -0.2) is 20.2 Å². The number of hydrogen-bond acceptors (Lipinski definition) is 6. The second kappa shape index (κ2) is 4.42. The van der Waals surface area contributed by atoms with Crippen LogP contribution in [0, 0.1) is 6.92 Å². The van der Waals surface area contributed by atoms with Crippen LogP contribution in [0.3, 0.4) is 0 Å². The molecule has 0 radical (unpaired) electrons. The third-order valence-corrected chi connectivity index (χ3v) is 4.05. The first kappa shape index (κ1) is 12.1. The molecule has 4 aromatic rings. The third kappa shape index (κ3) is 1.98. The maximum atomic E-state index is 5.99. The molecule has 0 spiro atoms. The summed E-state index contributed by atoms with van der Waals surface area (Å²) in [6.45, 7) is 1.94. The Bertz CT molecular complexity index is 958. The Balaban J connectivity index is 1.80. The van der Waals surface area contributed by atoms with Crippen molar-refractivity contribution in [3.05, 3.63) is 36.2 Å². The average molecular weight is 297 g/mol. The summed E-state index contributed by atoms with van der Waals surface area (Å²) in [6.07, 6.45) is 1.68. The summed E-state index contributed by atoms with van der Waals surface area (Å²) in [5.41, 5.74) is 8.17. The number of aryl methyl sites for hydroxylation is 1. The fourth-order valence-corrected chi connectivity index (χ4v) is 3.02. The number of H-pyrrole nitrogens is 1. The van der Waals surface area contributed by atoms with E-state index in [1.165, 1.54) is 11.3 Å². The van der Waals surface area contributed by atoms with E-state index in [4.69, 9.17) is 10.5 Å². The normalized spacial score (nSPS) is 11.3. The Morgan fingerprint density at radius 3 is 3.10 bits per heavy atom. The van der Waals surface area contributed by atoms with Gasteiger partial charge in [-0.2, -0.15) is 5.10 Å². The summed E-state index contributed by atoms with van der Waals surface area (Å²) in [7, 11) is 0. The number of nitrogen functional groups attached to an aromatic ring is 1. The summed E-state index contributed by atoms with van der Waals surface area (Å²) in [5, 5.41) is 8.50. The van der Waals surface area contributed by atoms with Gasteiger partial charge in [-0.15, -0.1) is 0 Å². The van der Waals surface area contributed by atoms with Gasteiger partial charge in [-0.05, 0) is 25.1 Å². The molecule has 0 amide bonds. The van der Waals surface area contributed by atoms with Crippen LogP contribution in [0.1, 0.15) is 5.69 Å². The van der Waals surface area contributed by atoms with E-state index in [0.717, 1.165) is 32.8 Å². The zero-order valence-electron chi connectivity index (χ0n) is 11.1. The predicted octanol–water partition coefficient (Wildman–Crippen LogP) is 3.25. The number of anilines is 1. The SMILES string of the molecule is Cc1[nH]nc2nccc(Oc3ccc4nc(N)sc4c3)c12. The lowest BCUT2D eigenvalue weighted by Gasteiger charge is -2.06. The summed E-state index contributed by atoms with van der Waals surface area (Å²) < 4.78 is 6.99. The van der Waals surface area contributed by atoms with Crippen LogP contribution in [0.15, 0.2) is 30.5 Å². The summed E-state index contributed by atoms with van der Waals surface area (Å²) in [5.74, 6) is 1.46. The number of nitrogens with one attached hydrogen (secondary N) is 1. The Labute approximate surface area is 123 Å². The highest BCUT2D eigenvalue weighted by Crippen LogP contribution is 2.33. The number of pyridine rings is 1. The topological polar surface area (TPSA) is 89.7 Å². The molecule has 104 valence electrons. The molecule has 4 rings (SSSR count). The van der Waals surface area contributed by atoms with E-state index in [-0.39, 0.29) is 0 Å². The van der Waals surface area contributed by atoms with Crippen LogP contribution in [0.25, 0.3) is 21.3 Å². The first-order chi connectivity index (χ1) is 10.2. The van der Waals surface area contributed by atoms with Crippen molar-refractivity contribution in [2.24, 2.45) is 0 Å². The minimum Gasteiger partial charge on any atom is -0.456 e. The maximum Gasteiger partial charge on any atom is 0.184 e. The molecule has 0 aliphatic heterocycles. The predicted molar refractivity (Wildman–Crippen MR) is 82.7 cm³/mol. The Kier molecular flexibility index (Phi) is 2.55. The van der Waals surface area contributed by atoms with Crippen LogP contribution in [-0.2, 0) is 0 Å². The van der Waals surface area contributed by atoms with E-state index in [1.807, 2.05) is 31.2 Å². The summed E-state index contributed by atoms with van der Waals surface area (Å²) in [6, 6.07) is 7.54. The van der Waals surface area contributed by atoms with Crippen molar-refractivity contribution < 1.29 is 4.74 Å². The number of hydrogen-bond donors (Lipinski definition) is 2. The minimum absolute atomic E-state index is 0.555. The van der Waals surface area contributed by atoms with Gasteiger partial charge in [-0.25, -0.2) is 9.97 Å². The van der Waals surface area contributed by atoms with E-state index < -0.39 is 0 Å². The number of fused-ring (bicyclic) bond motifs is 2. The Morgan fingerprint density at radius 1 is 1.29 bits per heavy atom. The molecule has 0 bridgehead atoms. The summed E-state index contributed by atoms with van der Waals surface area (Å²) in [4.78, 5) is 8.44. The highest BCUT2D eigenvalue weighted by Gasteiger charge is 2.11. The van der Waals surface area contributed by atoms with Crippen molar-refractivity contribution in [1.82, 2.24) is 20.2 Å².